The van der Waals surface area contributed by atoms with Gasteiger partial charge >= 0.3 is 5.97 Å². The van der Waals surface area contributed by atoms with Gasteiger partial charge in [0.15, 0.2) is 0 Å². The Labute approximate surface area is 111 Å². The van der Waals surface area contributed by atoms with Crippen LogP contribution in [0.2, 0.25) is 0 Å². The van der Waals surface area contributed by atoms with Crippen molar-refractivity contribution < 1.29 is 24.9 Å². The van der Waals surface area contributed by atoms with Crippen molar-refractivity contribution >= 4 is 5.97 Å². The topological polar surface area (TPSA) is 87.0 Å². The quantitative estimate of drug-likeness (QED) is 0.727. The molecule has 19 heavy (non-hydrogen) atoms. The van der Waals surface area contributed by atoms with Crippen LogP contribution in [0.15, 0.2) is 0 Å². The van der Waals surface area contributed by atoms with Gasteiger partial charge in [-0.1, -0.05) is 6.92 Å². The van der Waals surface area contributed by atoms with Crippen molar-refractivity contribution in [2.24, 2.45) is 0 Å². The van der Waals surface area contributed by atoms with Crippen molar-refractivity contribution in [3.8, 4) is 11.5 Å². The maximum absolute atomic E-state index is 11.2. The highest BCUT2D eigenvalue weighted by atomic mass is 16.5. The lowest BCUT2D eigenvalue weighted by molar-refractivity contribution is -0.0205. The minimum atomic E-state index is -1.35. The molecule has 5 nitrogen and oxygen atoms in total. The average Bonchev–Trinajstić information content (AvgIpc) is 2.30. The van der Waals surface area contributed by atoms with Crippen LogP contribution in [-0.2, 0) is 4.74 Å². The molecule has 0 aliphatic carbocycles. The summed E-state index contributed by atoms with van der Waals surface area (Å²) in [5.41, 5.74) is 1.30. The molecule has 0 spiro atoms. The zero-order chi connectivity index (χ0) is 14.5. The molecule has 0 unspecified atom stereocenters. The van der Waals surface area contributed by atoms with Gasteiger partial charge in [-0.05, 0) is 31.9 Å². The largest absolute Gasteiger partial charge is 0.507 e. The number of carboxylic acid groups (broad SMARTS) is 1. The molecule has 104 valence electrons. The average molecular weight is 266 g/mol. The molecule has 3 atom stereocenters. The summed E-state index contributed by atoms with van der Waals surface area (Å²) in [4.78, 5) is 11.2. The summed E-state index contributed by atoms with van der Waals surface area (Å²) in [5.74, 6) is -2.13. The molecule has 3 N–H and O–H groups in total. The maximum atomic E-state index is 11.2. The first-order valence-corrected chi connectivity index (χ1v) is 6.24. The van der Waals surface area contributed by atoms with Crippen molar-refractivity contribution in [1.29, 1.82) is 0 Å². The molecule has 0 bridgehead atoms. The predicted octanol–water partition coefficient (Wildman–Crippen LogP) is 2.69. The molecule has 0 radical (unpaired) electrons. The molecule has 0 saturated carbocycles. The third-order valence-electron chi connectivity index (χ3n) is 3.98. The highest BCUT2D eigenvalue weighted by molar-refractivity contribution is 5.95. The van der Waals surface area contributed by atoms with E-state index in [9.17, 15) is 15.0 Å². The van der Waals surface area contributed by atoms with Gasteiger partial charge in [0.25, 0.3) is 0 Å². The first kappa shape index (κ1) is 13.7. The molecule has 0 fully saturated rings. The number of carbonyl (C=O) groups is 1. The van der Waals surface area contributed by atoms with E-state index in [1.54, 1.807) is 13.8 Å². The van der Waals surface area contributed by atoms with Crippen molar-refractivity contribution in [3.05, 3.63) is 22.3 Å². The Balaban J connectivity index is 2.83. The minimum absolute atomic E-state index is 0.0224. The van der Waals surface area contributed by atoms with Crippen molar-refractivity contribution in [2.75, 3.05) is 0 Å². The lowest BCUT2D eigenvalue weighted by atomic mass is 9.81. The highest BCUT2D eigenvalue weighted by Crippen LogP contribution is 2.48. The van der Waals surface area contributed by atoms with Crippen LogP contribution in [0.1, 0.15) is 59.8 Å². The van der Waals surface area contributed by atoms with E-state index in [2.05, 4.69) is 0 Å². The zero-order valence-corrected chi connectivity index (χ0v) is 11.4. The molecular weight excluding hydrogens is 248 g/mol. The molecule has 1 heterocycles. The highest BCUT2D eigenvalue weighted by Gasteiger charge is 2.36. The Morgan fingerprint density at radius 1 is 1.11 bits per heavy atom. The van der Waals surface area contributed by atoms with Crippen LogP contribution in [0.5, 0.6) is 11.5 Å². The number of hydrogen-bond acceptors (Lipinski definition) is 4. The van der Waals surface area contributed by atoms with E-state index in [4.69, 9.17) is 9.84 Å². The van der Waals surface area contributed by atoms with Crippen LogP contribution < -0.4 is 0 Å². The van der Waals surface area contributed by atoms with Gasteiger partial charge in [0.05, 0.1) is 12.2 Å². The number of ether oxygens (including phenoxy) is 1. The molecule has 1 aliphatic rings. The fourth-order valence-electron chi connectivity index (χ4n) is 2.83. The fraction of sp³-hybridized carbons (Fsp3) is 0.500. The smallest absolute Gasteiger partial charge is 0.343 e. The number of benzene rings is 1. The summed E-state index contributed by atoms with van der Waals surface area (Å²) in [6.45, 7) is 7.29. The third-order valence-corrected chi connectivity index (χ3v) is 3.98. The van der Waals surface area contributed by atoms with Gasteiger partial charge in [0, 0.05) is 11.5 Å². The first-order valence-electron chi connectivity index (χ1n) is 6.24. The van der Waals surface area contributed by atoms with Crippen LogP contribution in [0.3, 0.4) is 0 Å². The fourth-order valence-corrected chi connectivity index (χ4v) is 2.83. The van der Waals surface area contributed by atoms with Crippen LogP contribution in [0.25, 0.3) is 0 Å². The van der Waals surface area contributed by atoms with Crippen LogP contribution in [-0.4, -0.2) is 27.4 Å². The van der Waals surface area contributed by atoms with E-state index in [1.807, 2.05) is 13.8 Å². The lowest BCUT2D eigenvalue weighted by Gasteiger charge is -2.35. The SMILES string of the molecule is Cc1c(O)c(C(=O)O)c(O)c2c1[C@@H](C)[C@H](C)O[C@@H]2C. The molecule has 1 aromatic rings. The van der Waals surface area contributed by atoms with Gasteiger partial charge in [-0.25, -0.2) is 4.79 Å². The summed E-state index contributed by atoms with van der Waals surface area (Å²) < 4.78 is 5.70. The number of carboxylic acids is 1. The second-order valence-corrected chi connectivity index (χ2v) is 5.10. The lowest BCUT2D eigenvalue weighted by Crippen LogP contribution is -2.27. The Morgan fingerprint density at radius 3 is 2.21 bits per heavy atom. The summed E-state index contributed by atoms with van der Waals surface area (Å²) >= 11 is 0. The predicted molar refractivity (Wildman–Crippen MR) is 68.8 cm³/mol. The zero-order valence-electron chi connectivity index (χ0n) is 11.4. The number of hydrogen-bond donors (Lipinski definition) is 3. The van der Waals surface area contributed by atoms with Gasteiger partial charge < -0.3 is 20.1 Å². The van der Waals surface area contributed by atoms with E-state index < -0.39 is 23.4 Å². The molecule has 2 rings (SSSR count). The summed E-state index contributed by atoms with van der Waals surface area (Å²) in [6, 6.07) is 0. The van der Waals surface area contributed by atoms with Crippen molar-refractivity contribution in [2.45, 2.75) is 45.8 Å². The van der Waals surface area contributed by atoms with Gasteiger partial charge in [0.1, 0.15) is 17.1 Å². The molecule has 0 saturated heterocycles. The van der Waals surface area contributed by atoms with Crippen LogP contribution in [0, 0.1) is 6.92 Å². The Morgan fingerprint density at radius 2 is 1.68 bits per heavy atom. The molecule has 0 amide bonds. The second kappa shape index (κ2) is 4.42. The van der Waals surface area contributed by atoms with E-state index in [-0.39, 0.29) is 17.8 Å². The van der Waals surface area contributed by atoms with Crippen molar-refractivity contribution in [3.63, 3.8) is 0 Å². The number of rotatable bonds is 1. The van der Waals surface area contributed by atoms with E-state index >= 15 is 0 Å². The van der Waals surface area contributed by atoms with Gasteiger partial charge in [-0.15, -0.1) is 0 Å². The van der Waals surface area contributed by atoms with Crippen LogP contribution in [0.4, 0.5) is 0 Å². The normalized spacial score (nSPS) is 26.0. The van der Waals surface area contributed by atoms with Gasteiger partial charge in [-0.2, -0.15) is 0 Å². The van der Waals surface area contributed by atoms with E-state index in [0.29, 0.717) is 11.1 Å². The number of phenols is 2. The monoisotopic (exact) mass is 266 g/mol. The van der Waals surface area contributed by atoms with Crippen molar-refractivity contribution in [1.82, 2.24) is 0 Å². The number of fused-ring (bicyclic) bond motifs is 1. The molecule has 1 aliphatic heterocycles. The van der Waals surface area contributed by atoms with Crippen LogP contribution >= 0.6 is 0 Å². The van der Waals surface area contributed by atoms with Gasteiger partial charge in [-0.3, -0.25) is 0 Å². The maximum Gasteiger partial charge on any atom is 0.343 e. The second-order valence-electron chi connectivity index (χ2n) is 5.10. The number of aromatic carboxylic acids is 1. The Hall–Kier alpha value is -1.75. The van der Waals surface area contributed by atoms with E-state index in [1.165, 1.54) is 0 Å². The Kier molecular flexibility index (Phi) is 3.18. The summed E-state index contributed by atoms with van der Waals surface area (Å²) in [6.07, 6.45) is -0.464. The van der Waals surface area contributed by atoms with Gasteiger partial charge in [0.2, 0.25) is 0 Å². The number of aromatic hydroxyl groups is 2. The summed E-state index contributed by atoms with van der Waals surface area (Å²) in [7, 11) is 0. The molecule has 0 aromatic heterocycles. The summed E-state index contributed by atoms with van der Waals surface area (Å²) in [5, 5.41) is 29.3. The minimum Gasteiger partial charge on any atom is -0.507 e. The molecule has 5 heteroatoms. The first-order chi connectivity index (χ1) is 8.77. The molecular formula is C14H18O5. The standard InChI is InChI=1S/C14H18O5/c1-5-7(3)19-8(4)10-9(5)6(2)12(15)11(13(10)16)14(17)18/h5,7-8,15-16H,1-4H3,(H,17,18)/t5-,7-,8+/m0/s1. The van der Waals surface area contributed by atoms with E-state index in [0.717, 1.165) is 5.56 Å². The molecule has 1 aromatic carbocycles. The third kappa shape index (κ3) is 1.85. The Bertz CT molecular complexity index is 550.